The molecule has 2 atom stereocenters. The first-order chi connectivity index (χ1) is 11.3. The number of carbonyl (C=O) groups excluding carboxylic acids is 1. The van der Waals surface area contributed by atoms with Crippen molar-refractivity contribution < 1.29 is 39.8 Å². The first kappa shape index (κ1) is 15.8. The fourth-order valence-corrected chi connectivity index (χ4v) is 2.61. The van der Waals surface area contributed by atoms with Crippen molar-refractivity contribution in [3.8, 4) is 34.5 Å². The number of ether oxygens (including phenoxy) is 2. The first-order valence-corrected chi connectivity index (χ1v) is 6.88. The summed E-state index contributed by atoms with van der Waals surface area (Å²) >= 11 is 0. The molecule has 0 spiro atoms. The summed E-state index contributed by atoms with van der Waals surface area (Å²) in [6, 6.07) is 4.28. The molecule has 5 N–H and O–H groups in total. The molecule has 8 heteroatoms. The predicted molar refractivity (Wildman–Crippen MR) is 79.8 cm³/mol. The van der Waals surface area contributed by atoms with Crippen LogP contribution in [0.2, 0.25) is 0 Å². The highest BCUT2D eigenvalue weighted by atomic mass is 16.5. The Labute approximate surface area is 135 Å². The number of methoxy groups -OCH3 is 1. The molecule has 0 radical (unpaired) electrons. The van der Waals surface area contributed by atoms with E-state index in [9.17, 15) is 30.3 Å². The van der Waals surface area contributed by atoms with Crippen molar-refractivity contribution in [1.82, 2.24) is 0 Å². The van der Waals surface area contributed by atoms with Crippen LogP contribution < -0.4 is 9.47 Å². The van der Waals surface area contributed by atoms with E-state index in [-0.39, 0.29) is 34.1 Å². The highest BCUT2D eigenvalue weighted by molar-refractivity contribution is 6.05. The number of phenolic OH excluding ortho intramolecular Hbond substituents is 4. The molecule has 24 heavy (non-hydrogen) atoms. The molecular weight excluding hydrogens is 320 g/mol. The van der Waals surface area contributed by atoms with Gasteiger partial charge in [0.05, 0.1) is 7.11 Å². The molecule has 126 valence electrons. The van der Waals surface area contributed by atoms with E-state index in [1.807, 2.05) is 0 Å². The van der Waals surface area contributed by atoms with E-state index in [0.717, 1.165) is 18.2 Å². The van der Waals surface area contributed by atoms with Crippen LogP contribution in [0.3, 0.4) is 0 Å². The fourth-order valence-electron chi connectivity index (χ4n) is 2.61. The van der Waals surface area contributed by atoms with Gasteiger partial charge in [0.2, 0.25) is 5.78 Å². The number of carbonyl (C=O) groups is 1. The Hall–Kier alpha value is -3.13. The van der Waals surface area contributed by atoms with Crippen molar-refractivity contribution in [3.63, 3.8) is 0 Å². The van der Waals surface area contributed by atoms with Crippen LogP contribution in [0.1, 0.15) is 22.0 Å². The molecule has 3 rings (SSSR count). The second kappa shape index (κ2) is 5.50. The van der Waals surface area contributed by atoms with Crippen LogP contribution in [0.25, 0.3) is 0 Å². The summed E-state index contributed by atoms with van der Waals surface area (Å²) in [5, 5.41) is 49.2. The van der Waals surface area contributed by atoms with Crippen molar-refractivity contribution in [1.29, 1.82) is 0 Å². The Balaban J connectivity index is 2.12. The third-order valence-corrected chi connectivity index (χ3v) is 3.76. The molecule has 0 aliphatic carbocycles. The Morgan fingerprint density at radius 1 is 1.00 bits per heavy atom. The summed E-state index contributed by atoms with van der Waals surface area (Å²) in [4.78, 5) is 12.3. The number of ketones is 1. The third-order valence-electron chi connectivity index (χ3n) is 3.76. The van der Waals surface area contributed by atoms with Crippen LogP contribution in [0.5, 0.6) is 34.5 Å². The van der Waals surface area contributed by atoms with Gasteiger partial charge in [0.25, 0.3) is 0 Å². The summed E-state index contributed by atoms with van der Waals surface area (Å²) in [7, 11) is 1.30. The second-order valence-electron chi connectivity index (χ2n) is 5.27. The molecule has 1 heterocycles. The fraction of sp³-hybridized carbons (Fsp3) is 0.188. The number of aliphatic hydroxyl groups is 1. The maximum absolute atomic E-state index is 12.3. The number of phenols is 4. The summed E-state index contributed by atoms with van der Waals surface area (Å²) in [5.74, 6) is -2.56. The highest BCUT2D eigenvalue weighted by Crippen LogP contribution is 2.45. The number of aromatic hydroxyl groups is 4. The first-order valence-electron chi connectivity index (χ1n) is 6.88. The lowest BCUT2D eigenvalue weighted by atomic mass is 9.92. The minimum absolute atomic E-state index is 0.000942. The Morgan fingerprint density at radius 2 is 1.71 bits per heavy atom. The van der Waals surface area contributed by atoms with Gasteiger partial charge in [-0.15, -0.1) is 0 Å². The molecule has 0 bridgehead atoms. The lowest BCUT2D eigenvalue weighted by Gasteiger charge is -2.30. The maximum Gasteiger partial charge on any atom is 0.202 e. The van der Waals surface area contributed by atoms with E-state index in [1.54, 1.807) is 0 Å². The zero-order valence-corrected chi connectivity index (χ0v) is 12.4. The van der Waals surface area contributed by atoms with Crippen molar-refractivity contribution >= 4 is 5.78 Å². The van der Waals surface area contributed by atoms with Gasteiger partial charge in [-0.2, -0.15) is 0 Å². The van der Waals surface area contributed by atoms with Gasteiger partial charge in [0.15, 0.2) is 23.7 Å². The van der Waals surface area contributed by atoms with Gasteiger partial charge in [0, 0.05) is 23.8 Å². The van der Waals surface area contributed by atoms with Crippen molar-refractivity contribution in [3.05, 3.63) is 35.4 Å². The zero-order chi connectivity index (χ0) is 17.6. The van der Waals surface area contributed by atoms with Gasteiger partial charge >= 0.3 is 0 Å². The average Bonchev–Trinajstić information content (AvgIpc) is 2.50. The van der Waals surface area contributed by atoms with E-state index in [0.29, 0.717) is 0 Å². The lowest BCUT2D eigenvalue weighted by Crippen LogP contribution is -2.36. The number of fused-ring (bicyclic) bond motifs is 1. The van der Waals surface area contributed by atoms with Gasteiger partial charge in [-0.1, -0.05) is 0 Å². The van der Waals surface area contributed by atoms with Crippen LogP contribution in [0.4, 0.5) is 0 Å². The van der Waals surface area contributed by atoms with Crippen molar-refractivity contribution in [2.75, 3.05) is 7.11 Å². The monoisotopic (exact) mass is 334 g/mol. The number of hydrogen-bond donors (Lipinski definition) is 5. The van der Waals surface area contributed by atoms with Gasteiger partial charge in [-0.25, -0.2) is 0 Å². The molecule has 0 aromatic heterocycles. The Bertz CT molecular complexity index is 829. The summed E-state index contributed by atoms with van der Waals surface area (Å²) < 4.78 is 10.4. The smallest absolute Gasteiger partial charge is 0.202 e. The summed E-state index contributed by atoms with van der Waals surface area (Å²) in [6.45, 7) is 0. The maximum atomic E-state index is 12.3. The number of benzene rings is 2. The second-order valence-corrected chi connectivity index (χ2v) is 5.27. The molecule has 2 aromatic carbocycles. The summed E-state index contributed by atoms with van der Waals surface area (Å²) in [5.41, 5.74) is -0.263. The van der Waals surface area contributed by atoms with Crippen molar-refractivity contribution in [2.24, 2.45) is 0 Å². The van der Waals surface area contributed by atoms with E-state index in [1.165, 1.54) is 13.2 Å². The molecule has 0 unspecified atom stereocenters. The predicted octanol–water partition coefficient (Wildman–Crippen LogP) is 1.19. The SMILES string of the molecule is COc1cc([C@H]2Oc3cc(O)cc(O)c3C(=O)[C@@H]2O)c(O)cc1O. The molecule has 2 aromatic rings. The Morgan fingerprint density at radius 3 is 2.38 bits per heavy atom. The molecule has 0 saturated carbocycles. The number of aliphatic hydroxyl groups excluding tert-OH is 1. The van der Waals surface area contributed by atoms with Crippen LogP contribution in [-0.2, 0) is 0 Å². The topological polar surface area (TPSA) is 137 Å². The molecule has 0 amide bonds. The van der Waals surface area contributed by atoms with E-state index >= 15 is 0 Å². The van der Waals surface area contributed by atoms with Gasteiger partial charge in [-0.3, -0.25) is 4.79 Å². The minimum atomic E-state index is -1.71. The number of hydrogen-bond acceptors (Lipinski definition) is 8. The normalized spacial score (nSPS) is 19.5. The van der Waals surface area contributed by atoms with Crippen molar-refractivity contribution in [2.45, 2.75) is 12.2 Å². The number of rotatable bonds is 2. The zero-order valence-electron chi connectivity index (χ0n) is 12.4. The van der Waals surface area contributed by atoms with Gasteiger partial charge in [0.1, 0.15) is 28.6 Å². The molecule has 1 aliphatic heterocycles. The largest absolute Gasteiger partial charge is 0.508 e. The third kappa shape index (κ3) is 2.33. The molecule has 0 saturated heterocycles. The quantitative estimate of drug-likeness (QED) is 0.552. The van der Waals surface area contributed by atoms with Gasteiger partial charge < -0.3 is 35.0 Å². The molecule has 8 nitrogen and oxygen atoms in total. The lowest BCUT2D eigenvalue weighted by molar-refractivity contribution is 0.0202. The van der Waals surface area contributed by atoms with Crippen LogP contribution in [0.15, 0.2) is 24.3 Å². The van der Waals surface area contributed by atoms with E-state index < -0.39 is 29.5 Å². The van der Waals surface area contributed by atoms with Crippen LogP contribution in [-0.4, -0.2) is 44.5 Å². The molecule has 0 fully saturated rings. The minimum Gasteiger partial charge on any atom is -0.508 e. The summed E-state index contributed by atoms with van der Waals surface area (Å²) in [6.07, 6.45) is -3.03. The standard InChI is InChI=1S/C16H14O8/c1-23-11-4-7(8(18)5-9(11)19)16-15(22)14(21)13-10(20)2-6(17)3-12(13)24-16/h2-5,15-20,22H,1H3/t15-,16+/m0/s1. The number of Topliss-reactive ketones (excluding diaryl/α,β-unsaturated/α-hetero) is 1. The Kier molecular flexibility index (Phi) is 3.61. The molecule has 1 aliphatic rings. The van der Waals surface area contributed by atoms with Gasteiger partial charge in [-0.05, 0) is 6.07 Å². The molecular formula is C16H14O8. The van der Waals surface area contributed by atoms with E-state index in [4.69, 9.17) is 9.47 Å². The van der Waals surface area contributed by atoms with E-state index in [2.05, 4.69) is 0 Å². The van der Waals surface area contributed by atoms with Crippen LogP contribution >= 0.6 is 0 Å². The highest BCUT2D eigenvalue weighted by Gasteiger charge is 2.40. The average molecular weight is 334 g/mol. The van der Waals surface area contributed by atoms with Crippen LogP contribution in [0, 0.1) is 0 Å².